The Balaban J connectivity index is 1.77. The molecule has 0 radical (unpaired) electrons. The van der Waals surface area contributed by atoms with E-state index in [-0.39, 0.29) is 24.9 Å². The quantitative estimate of drug-likeness (QED) is 0.656. The molecular formula is C21H27N3O4. The molecule has 0 unspecified atom stereocenters. The average molecular weight is 385 g/mol. The summed E-state index contributed by atoms with van der Waals surface area (Å²) in [5.74, 6) is 1.20. The topological polar surface area (TPSA) is 79.9 Å². The summed E-state index contributed by atoms with van der Waals surface area (Å²) in [6, 6.07) is 14.6. The van der Waals surface area contributed by atoms with Crippen LogP contribution in [0.5, 0.6) is 11.5 Å². The third-order valence-corrected chi connectivity index (χ3v) is 4.20. The molecule has 0 saturated heterocycles. The van der Waals surface area contributed by atoms with E-state index in [2.05, 4.69) is 10.6 Å². The summed E-state index contributed by atoms with van der Waals surface area (Å²) in [4.78, 5) is 26.2. The monoisotopic (exact) mass is 385 g/mol. The van der Waals surface area contributed by atoms with Crippen LogP contribution in [0, 0.1) is 0 Å². The summed E-state index contributed by atoms with van der Waals surface area (Å²) in [6.45, 7) is 3.23. The number of anilines is 1. The molecule has 0 spiro atoms. The highest BCUT2D eigenvalue weighted by atomic mass is 16.5. The minimum absolute atomic E-state index is 0.130. The molecule has 0 aromatic heterocycles. The van der Waals surface area contributed by atoms with Crippen molar-refractivity contribution in [2.24, 2.45) is 0 Å². The minimum atomic E-state index is -0.171. The van der Waals surface area contributed by atoms with Gasteiger partial charge in [-0.2, -0.15) is 0 Å². The van der Waals surface area contributed by atoms with E-state index in [1.807, 2.05) is 31.2 Å². The van der Waals surface area contributed by atoms with E-state index in [9.17, 15) is 9.59 Å². The molecule has 0 heterocycles. The highest BCUT2D eigenvalue weighted by molar-refractivity contribution is 5.92. The molecule has 7 heteroatoms. The van der Waals surface area contributed by atoms with Crippen LogP contribution in [0.25, 0.3) is 0 Å². The Bertz CT molecular complexity index is 760. The summed E-state index contributed by atoms with van der Waals surface area (Å²) >= 11 is 0. The molecule has 2 N–H and O–H groups in total. The van der Waals surface area contributed by atoms with Crippen LogP contribution < -0.4 is 20.1 Å². The average Bonchev–Trinajstić information content (AvgIpc) is 2.72. The van der Waals surface area contributed by atoms with Crippen LogP contribution in [-0.4, -0.2) is 50.6 Å². The zero-order valence-electron chi connectivity index (χ0n) is 16.5. The largest absolute Gasteiger partial charge is 0.497 e. The lowest BCUT2D eigenvalue weighted by Gasteiger charge is -2.19. The van der Waals surface area contributed by atoms with E-state index in [0.29, 0.717) is 18.8 Å². The van der Waals surface area contributed by atoms with Crippen molar-refractivity contribution in [3.05, 3.63) is 54.1 Å². The van der Waals surface area contributed by atoms with Gasteiger partial charge in [0.2, 0.25) is 11.8 Å². The number of ether oxygens (including phenoxy) is 2. The summed E-state index contributed by atoms with van der Waals surface area (Å²) in [5.41, 5.74) is 1.67. The molecule has 2 amide bonds. The van der Waals surface area contributed by atoms with Crippen molar-refractivity contribution < 1.29 is 19.1 Å². The van der Waals surface area contributed by atoms with E-state index >= 15 is 0 Å². The van der Waals surface area contributed by atoms with Crippen molar-refractivity contribution in [3.8, 4) is 11.5 Å². The number of nitrogens with one attached hydrogen (secondary N) is 2. The van der Waals surface area contributed by atoms with Gasteiger partial charge in [0.1, 0.15) is 11.5 Å². The zero-order valence-corrected chi connectivity index (χ0v) is 16.5. The molecular weight excluding hydrogens is 358 g/mol. The van der Waals surface area contributed by atoms with Crippen molar-refractivity contribution in [1.29, 1.82) is 0 Å². The number of rotatable bonds is 10. The van der Waals surface area contributed by atoms with Crippen molar-refractivity contribution in [1.82, 2.24) is 10.2 Å². The molecule has 0 fully saturated rings. The zero-order chi connectivity index (χ0) is 20.4. The normalized spacial score (nSPS) is 10.4. The van der Waals surface area contributed by atoms with Gasteiger partial charge in [0.25, 0.3) is 0 Å². The number of methoxy groups -OCH3 is 2. The number of carbonyl (C=O) groups is 2. The van der Waals surface area contributed by atoms with E-state index in [4.69, 9.17) is 9.47 Å². The molecule has 2 aromatic carbocycles. The van der Waals surface area contributed by atoms with Crippen LogP contribution in [0.4, 0.5) is 5.69 Å². The highest BCUT2D eigenvalue weighted by Crippen LogP contribution is 2.15. The van der Waals surface area contributed by atoms with E-state index in [1.165, 1.54) is 0 Å². The SMILES string of the molecule is CCN(CC(=O)NCc1ccc(OC)cc1)CC(=O)Nc1ccc(OC)cc1. The van der Waals surface area contributed by atoms with Gasteiger partial charge in [-0.05, 0) is 48.5 Å². The predicted molar refractivity (Wildman–Crippen MR) is 109 cm³/mol. The smallest absolute Gasteiger partial charge is 0.238 e. The summed E-state index contributed by atoms with van der Waals surface area (Å²) in [7, 11) is 3.20. The van der Waals surface area contributed by atoms with Crippen LogP contribution in [0.3, 0.4) is 0 Å². The number of hydrogen-bond donors (Lipinski definition) is 2. The third kappa shape index (κ3) is 6.92. The Kier molecular flexibility index (Phi) is 8.30. The second-order valence-electron chi connectivity index (χ2n) is 6.20. The highest BCUT2D eigenvalue weighted by Gasteiger charge is 2.13. The maximum Gasteiger partial charge on any atom is 0.238 e. The van der Waals surface area contributed by atoms with Crippen LogP contribution in [0.15, 0.2) is 48.5 Å². The first kappa shape index (κ1) is 21.2. The molecule has 28 heavy (non-hydrogen) atoms. The number of amides is 2. The summed E-state index contributed by atoms with van der Waals surface area (Å²) in [5, 5.41) is 5.69. The van der Waals surface area contributed by atoms with E-state index in [0.717, 1.165) is 17.1 Å². The van der Waals surface area contributed by atoms with Crippen molar-refractivity contribution in [3.63, 3.8) is 0 Å². The molecule has 0 aliphatic carbocycles. The second-order valence-corrected chi connectivity index (χ2v) is 6.20. The van der Waals surface area contributed by atoms with Gasteiger partial charge in [-0.15, -0.1) is 0 Å². The predicted octanol–water partition coefficient (Wildman–Crippen LogP) is 2.28. The van der Waals surface area contributed by atoms with Crippen LogP contribution in [-0.2, 0) is 16.1 Å². The molecule has 0 aliphatic heterocycles. The maximum absolute atomic E-state index is 12.2. The molecule has 0 bridgehead atoms. The van der Waals surface area contributed by atoms with Gasteiger partial charge in [-0.25, -0.2) is 0 Å². The maximum atomic E-state index is 12.2. The number of carbonyl (C=O) groups excluding carboxylic acids is 2. The lowest BCUT2D eigenvalue weighted by atomic mass is 10.2. The number of hydrogen-bond acceptors (Lipinski definition) is 5. The van der Waals surface area contributed by atoms with Gasteiger partial charge in [0.15, 0.2) is 0 Å². The molecule has 7 nitrogen and oxygen atoms in total. The fourth-order valence-corrected chi connectivity index (χ4v) is 2.56. The van der Waals surface area contributed by atoms with Gasteiger partial charge in [-0.3, -0.25) is 14.5 Å². The Labute approximate surface area is 165 Å². The van der Waals surface area contributed by atoms with E-state index in [1.54, 1.807) is 43.4 Å². The van der Waals surface area contributed by atoms with Gasteiger partial charge >= 0.3 is 0 Å². The van der Waals surface area contributed by atoms with Crippen LogP contribution >= 0.6 is 0 Å². The van der Waals surface area contributed by atoms with E-state index < -0.39 is 0 Å². The number of likely N-dealkylation sites (N-methyl/N-ethyl adjacent to an activating group) is 1. The molecule has 0 aliphatic rings. The van der Waals surface area contributed by atoms with Gasteiger partial charge in [-0.1, -0.05) is 19.1 Å². The summed E-state index contributed by atoms with van der Waals surface area (Å²) < 4.78 is 10.2. The Hall–Kier alpha value is -3.06. The van der Waals surface area contributed by atoms with Crippen LogP contribution in [0.2, 0.25) is 0 Å². The molecule has 150 valence electrons. The van der Waals surface area contributed by atoms with Gasteiger partial charge in [0, 0.05) is 12.2 Å². The molecule has 2 aromatic rings. The number of nitrogens with zero attached hydrogens (tertiary/aromatic N) is 1. The molecule has 0 atom stereocenters. The fraction of sp³-hybridized carbons (Fsp3) is 0.333. The molecule has 2 rings (SSSR count). The van der Waals surface area contributed by atoms with Crippen molar-refractivity contribution in [2.75, 3.05) is 39.2 Å². The van der Waals surface area contributed by atoms with Crippen LogP contribution in [0.1, 0.15) is 12.5 Å². The lowest BCUT2D eigenvalue weighted by molar-refractivity contribution is -0.123. The first-order chi connectivity index (χ1) is 13.5. The van der Waals surface area contributed by atoms with Crippen molar-refractivity contribution in [2.45, 2.75) is 13.5 Å². The van der Waals surface area contributed by atoms with Crippen molar-refractivity contribution >= 4 is 17.5 Å². The van der Waals surface area contributed by atoms with Gasteiger partial charge < -0.3 is 20.1 Å². The summed E-state index contributed by atoms with van der Waals surface area (Å²) in [6.07, 6.45) is 0. The standard InChI is InChI=1S/C21H27N3O4/c1-4-24(15-21(26)23-17-7-11-19(28-3)12-8-17)14-20(25)22-13-16-5-9-18(27-2)10-6-16/h5-12H,4,13-15H2,1-3H3,(H,22,25)(H,23,26). The third-order valence-electron chi connectivity index (χ3n) is 4.20. The Morgan fingerprint density at radius 1 is 0.857 bits per heavy atom. The minimum Gasteiger partial charge on any atom is -0.497 e. The first-order valence-corrected chi connectivity index (χ1v) is 9.10. The lowest BCUT2D eigenvalue weighted by Crippen LogP contribution is -2.40. The first-order valence-electron chi connectivity index (χ1n) is 9.10. The Morgan fingerprint density at radius 3 is 1.93 bits per heavy atom. The second kappa shape index (κ2) is 10.9. The fourth-order valence-electron chi connectivity index (χ4n) is 2.56. The number of benzene rings is 2. The molecule has 0 saturated carbocycles. The Morgan fingerprint density at radius 2 is 1.39 bits per heavy atom. The van der Waals surface area contributed by atoms with Gasteiger partial charge in [0.05, 0.1) is 27.3 Å².